The van der Waals surface area contributed by atoms with E-state index >= 15 is 0 Å². The summed E-state index contributed by atoms with van der Waals surface area (Å²) in [4.78, 5) is 0. The second kappa shape index (κ2) is 6.99. The molecule has 0 amide bonds. The first-order chi connectivity index (χ1) is 15.3. The van der Waals surface area contributed by atoms with Gasteiger partial charge >= 0.3 is 0 Å². The lowest BCUT2D eigenvalue weighted by Crippen LogP contribution is -2.80. The van der Waals surface area contributed by atoms with Crippen LogP contribution in [-0.4, -0.2) is 40.4 Å². The van der Waals surface area contributed by atoms with Gasteiger partial charge in [-0.05, 0) is 70.1 Å². The Labute approximate surface area is 198 Å². The first kappa shape index (κ1) is 23.2. The minimum atomic E-state index is -0.813. The quantitative estimate of drug-likeness (QED) is 0.578. The van der Waals surface area contributed by atoms with Gasteiger partial charge in [-0.25, -0.2) is 0 Å². The molecule has 33 heavy (non-hydrogen) atoms. The van der Waals surface area contributed by atoms with E-state index in [4.69, 9.17) is 14.2 Å². The van der Waals surface area contributed by atoms with Gasteiger partial charge in [0.1, 0.15) is 11.5 Å². The zero-order valence-corrected chi connectivity index (χ0v) is 21.2. The van der Waals surface area contributed by atoms with E-state index in [-0.39, 0.29) is 22.9 Å². The molecule has 4 aliphatic rings. The van der Waals surface area contributed by atoms with Crippen LogP contribution in [0.25, 0.3) is 0 Å². The average Bonchev–Trinajstić information content (AvgIpc) is 3.11. The van der Waals surface area contributed by atoms with Crippen molar-refractivity contribution in [3.8, 4) is 11.5 Å². The lowest BCUT2D eigenvalue weighted by Gasteiger charge is -2.74. The summed E-state index contributed by atoms with van der Waals surface area (Å²) in [5, 5.41) is 22.7. The topological polar surface area (TPSA) is 68.2 Å². The SMILES string of the molecule is COc1cc(C)c(O)c(C/C=C(/C)C[C@]23OC(C[C@@]4(O)[C@@H]2[C@]2(C)CCC[C@@]24C)C(C)(C)O3)c1. The molecular formula is C28H40O5. The summed E-state index contributed by atoms with van der Waals surface area (Å²) in [6.07, 6.45) is 7.24. The minimum Gasteiger partial charge on any atom is -0.507 e. The zero-order chi connectivity index (χ0) is 24.0. The highest BCUT2D eigenvalue weighted by Crippen LogP contribution is 2.81. The Bertz CT molecular complexity index is 1010. The molecule has 5 rings (SSSR count). The van der Waals surface area contributed by atoms with Crippen LogP contribution in [0.5, 0.6) is 11.5 Å². The fraction of sp³-hybridized carbons (Fsp3) is 0.714. The third kappa shape index (κ3) is 2.88. The lowest BCUT2D eigenvalue weighted by atomic mass is 9.34. The number of phenolic OH excluding ortho intramolecular Hbond substituents is 1. The van der Waals surface area contributed by atoms with Gasteiger partial charge < -0.3 is 24.4 Å². The molecule has 0 spiro atoms. The number of aryl methyl sites for hydroxylation is 1. The molecule has 0 aromatic heterocycles. The number of hydrogen-bond donors (Lipinski definition) is 2. The Morgan fingerprint density at radius 2 is 1.94 bits per heavy atom. The number of rotatable bonds is 5. The van der Waals surface area contributed by atoms with Crippen molar-refractivity contribution in [2.75, 3.05) is 7.11 Å². The molecule has 182 valence electrons. The predicted octanol–water partition coefficient (Wildman–Crippen LogP) is 5.44. The standard InChI is InChI=1S/C28H40O5/c1-17(9-10-19-14-20(31-7)13-18(2)22(19)29)15-28-23-25(5)11-8-12-26(25,6)27(23,30)16-21(32-28)24(3,4)33-28/h9,13-14,21,23,29-30H,8,10-12,15-16H2,1-7H3/b17-9-/t21?,23-,25-,26-,27+,28+/m0/s1. The van der Waals surface area contributed by atoms with Crippen molar-refractivity contribution < 1.29 is 24.4 Å². The van der Waals surface area contributed by atoms with Crippen LogP contribution in [0.4, 0.5) is 0 Å². The molecule has 6 atom stereocenters. The smallest absolute Gasteiger partial charge is 0.179 e. The van der Waals surface area contributed by atoms with E-state index in [0.29, 0.717) is 25.0 Å². The van der Waals surface area contributed by atoms with Crippen molar-refractivity contribution in [3.05, 3.63) is 34.9 Å². The number of benzene rings is 1. The molecule has 1 aromatic rings. The van der Waals surface area contributed by atoms with E-state index in [1.54, 1.807) is 7.11 Å². The second-order valence-electron chi connectivity index (χ2n) is 12.2. The van der Waals surface area contributed by atoms with Crippen LogP contribution in [-0.2, 0) is 15.9 Å². The summed E-state index contributed by atoms with van der Waals surface area (Å²) in [5.41, 5.74) is 1.54. The van der Waals surface area contributed by atoms with E-state index < -0.39 is 17.0 Å². The molecule has 2 saturated carbocycles. The Kier molecular flexibility index (Phi) is 4.91. The van der Waals surface area contributed by atoms with Gasteiger partial charge in [0.2, 0.25) is 0 Å². The first-order valence-corrected chi connectivity index (χ1v) is 12.4. The van der Waals surface area contributed by atoms with Crippen molar-refractivity contribution in [2.45, 2.75) is 103 Å². The second-order valence-corrected chi connectivity index (χ2v) is 12.2. The summed E-state index contributed by atoms with van der Waals surface area (Å²) in [6, 6.07) is 3.73. The minimum absolute atomic E-state index is 0.00952. The largest absolute Gasteiger partial charge is 0.507 e. The molecule has 2 aliphatic heterocycles. The summed E-state index contributed by atoms with van der Waals surface area (Å²) < 4.78 is 18.9. The molecule has 5 heteroatoms. The Morgan fingerprint density at radius 3 is 2.64 bits per heavy atom. The van der Waals surface area contributed by atoms with Gasteiger partial charge in [-0.1, -0.05) is 31.9 Å². The van der Waals surface area contributed by atoms with Crippen LogP contribution in [0, 0.1) is 23.7 Å². The Balaban J connectivity index is 1.46. The monoisotopic (exact) mass is 456 g/mol. The molecule has 2 N–H and O–H groups in total. The fourth-order valence-electron chi connectivity index (χ4n) is 8.13. The van der Waals surface area contributed by atoms with Gasteiger partial charge in [-0.2, -0.15) is 0 Å². The normalized spacial score (nSPS) is 43.1. The van der Waals surface area contributed by atoms with Crippen molar-refractivity contribution in [3.63, 3.8) is 0 Å². The van der Waals surface area contributed by atoms with E-state index in [1.165, 1.54) is 0 Å². The molecule has 2 bridgehead atoms. The number of hydrogen-bond acceptors (Lipinski definition) is 5. The number of allylic oxidation sites excluding steroid dienone is 1. The molecular weight excluding hydrogens is 416 g/mol. The molecule has 4 fully saturated rings. The number of aromatic hydroxyl groups is 1. The van der Waals surface area contributed by atoms with Crippen molar-refractivity contribution in [1.82, 2.24) is 0 Å². The van der Waals surface area contributed by atoms with E-state index in [9.17, 15) is 10.2 Å². The lowest BCUT2D eigenvalue weighted by molar-refractivity contribution is -0.407. The van der Waals surface area contributed by atoms with Gasteiger partial charge in [-0.3, -0.25) is 0 Å². The molecule has 1 unspecified atom stereocenters. The summed E-state index contributed by atoms with van der Waals surface area (Å²) in [7, 11) is 1.64. The van der Waals surface area contributed by atoms with E-state index in [2.05, 4.69) is 40.7 Å². The maximum Gasteiger partial charge on any atom is 0.179 e. The van der Waals surface area contributed by atoms with Crippen molar-refractivity contribution in [2.24, 2.45) is 16.7 Å². The van der Waals surface area contributed by atoms with Crippen LogP contribution < -0.4 is 4.74 Å². The molecule has 2 saturated heterocycles. The van der Waals surface area contributed by atoms with Gasteiger partial charge in [0.15, 0.2) is 5.79 Å². The first-order valence-electron chi connectivity index (χ1n) is 12.4. The van der Waals surface area contributed by atoms with Crippen LogP contribution >= 0.6 is 0 Å². The molecule has 1 aromatic carbocycles. The fourth-order valence-corrected chi connectivity index (χ4v) is 8.13. The molecule has 2 heterocycles. The number of methoxy groups -OCH3 is 1. The van der Waals surface area contributed by atoms with Crippen molar-refractivity contribution >= 4 is 0 Å². The highest BCUT2D eigenvalue weighted by atomic mass is 16.8. The van der Waals surface area contributed by atoms with E-state index in [1.807, 2.05) is 19.1 Å². The van der Waals surface area contributed by atoms with Crippen LogP contribution in [0.3, 0.4) is 0 Å². The summed E-state index contributed by atoms with van der Waals surface area (Å²) >= 11 is 0. The number of aliphatic hydroxyl groups is 1. The molecule has 2 aliphatic carbocycles. The van der Waals surface area contributed by atoms with Crippen molar-refractivity contribution in [1.29, 1.82) is 0 Å². The third-order valence-corrected chi connectivity index (χ3v) is 9.98. The Morgan fingerprint density at radius 1 is 1.21 bits per heavy atom. The number of fused-ring (bicyclic) bond motifs is 7. The number of ether oxygens (including phenoxy) is 3. The third-order valence-electron chi connectivity index (χ3n) is 9.98. The maximum atomic E-state index is 12.1. The van der Waals surface area contributed by atoms with E-state index in [0.717, 1.165) is 41.7 Å². The summed E-state index contributed by atoms with van der Waals surface area (Å²) in [6.45, 7) is 12.8. The van der Waals surface area contributed by atoms with Gasteiger partial charge in [0.25, 0.3) is 0 Å². The maximum absolute atomic E-state index is 12.1. The predicted molar refractivity (Wildman–Crippen MR) is 127 cm³/mol. The molecule has 0 radical (unpaired) electrons. The van der Waals surface area contributed by atoms with Gasteiger partial charge in [-0.15, -0.1) is 0 Å². The molecule has 5 nitrogen and oxygen atoms in total. The average molecular weight is 457 g/mol. The highest BCUT2D eigenvalue weighted by molar-refractivity contribution is 5.46. The van der Waals surface area contributed by atoms with Gasteiger partial charge in [0.05, 0.1) is 24.4 Å². The van der Waals surface area contributed by atoms with Gasteiger partial charge in [0, 0.05) is 29.7 Å². The summed E-state index contributed by atoms with van der Waals surface area (Å²) in [5.74, 6) is 0.205. The van der Waals surface area contributed by atoms with Crippen LogP contribution in [0.1, 0.15) is 77.8 Å². The Hall–Kier alpha value is -1.56. The number of phenols is 1. The van der Waals surface area contributed by atoms with Crippen LogP contribution in [0.2, 0.25) is 0 Å². The highest BCUT2D eigenvalue weighted by Gasteiger charge is 2.85. The van der Waals surface area contributed by atoms with Crippen LogP contribution in [0.15, 0.2) is 23.8 Å². The zero-order valence-electron chi connectivity index (χ0n) is 21.2.